The molecule has 0 amide bonds. The van der Waals surface area contributed by atoms with Crippen molar-refractivity contribution in [2.24, 2.45) is 0 Å². The number of ether oxygens (including phenoxy) is 2. The van der Waals surface area contributed by atoms with Crippen LogP contribution in [0.1, 0.15) is 66.1 Å². The number of aromatic nitrogens is 2. The third-order valence-corrected chi connectivity index (χ3v) is 4.06. The average Bonchev–Trinajstić information content (AvgIpc) is 3.31. The van der Waals surface area contributed by atoms with Crippen LogP contribution in [0.15, 0.2) is 30.3 Å². The highest BCUT2D eigenvalue weighted by Crippen LogP contribution is 2.41. The van der Waals surface area contributed by atoms with Crippen molar-refractivity contribution in [3.8, 4) is 5.75 Å². The van der Waals surface area contributed by atoms with Crippen LogP contribution in [-0.4, -0.2) is 28.8 Å². The van der Waals surface area contributed by atoms with Crippen LogP contribution in [0.3, 0.4) is 0 Å². The molecule has 25 heavy (non-hydrogen) atoms. The molecule has 2 aromatic rings. The molecule has 0 bridgehead atoms. The molecule has 1 aromatic carbocycles. The Balaban J connectivity index is 1.78. The summed E-state index contributed by atoms with van der Waals surface area (Å²) in [7, 11) is 1.32. The fraction of sp³-hybridized carbons (Fsp3) is 0.421. The van der Waals surface area contributed by atoms with Crippen LogP contribution >= 0.6 is 0 Å². The third kappa shape index (κ3) is 3.73. The van der Waals surface area contributed by atoms with E-state index in [0.29, 0.717) is 22.9 Å². The number of benzene rings is 1. The van der Waals surface area contributed by atoms with Crippen LogP contribution in [0.25, 0.3) is 0 Å². The number of methoxy groups -OCH3 is 1. The summed E-state index contributed by atoms with van der Waals surface area (Å²) in [5.41, 5.74) is 1.59. The highest BCUT2D eigenvalue weighted by atomic mass is 16.5. The van der Waals surface area contributed by atoms with Gasteiger partial charge in [-0.1, -0.05) is 0 Å². The molecule has 0 unspecified atom stereocenters. The molecule has 0 atom stereocenters. The number of hydrogen-bond acceptors (Lipinski definition) is 5. The Hall–Kier alpha value is -2.63. The van der Waals surface area contributed by atoms with Gasteiger partial charge in [-0.05, 0) is 63.9 Å². The highest BCUT2D eigenvalue weighted by Gasteiger charge is 2.32. The van der Waals surface area contributed by atoms with E-state index < -0.39 is 11.9 Å². The van der Waals surface area contributed by atoms with Crippen molar-refractivity contribution < 1.29 is 19.1 Å². The Morgan fingerprint density at radius 1 is 1.12 bits per heavy atom. The molecule has 0 N–H and O–H groups in total. The summed E-state index contributed by atoms with van der Waals surface area (Å²) in [4.78, 5) is 23.9. The van der Waals surface area contributed by atoms with E-state index >= 15 is 0 Å². The number of nitrogens with zero attached hydrogens (tertiary/aromatic N) is 2. The zero-order chi connectivity index (χ0) is 18.2. The molecule has 0 spiro atoms. The van der Waals surface area contributed by atoms with Gasteiger partial charge in [0.25, 0.3) is 0 Å². The lowest BCUT2D eigenvalue weighted by molar-refractivity contribution is 0.0600. The molecule has 1 aromatic heterocycles. The van der Waals surface area contributed by atoms with Crippen LogP contribution in [0.5, 0.6) is 5.75 Å². The monoisotopic (exact) mass is 342 g/mol. The second-order valence-electron chi connectivity index (χ2n) is 7.22. The lowest BCUT2D eigenvalue weighted by Crippen LogP contribution is -2.25. The summed E-state index contributed by atoms with van der Waals surface area (Å²) in [5, 5.41) is 4.47. The Morgan fingerprint density at radius 3 is 2.28 bits per heavy atom. The lowest BCUT2D eigenvalue weighted by atomic mass is 10.1. The molecule has 6 nitrogen and oxygen atoms in total. The molecule has 1 heterocycles. The first kappa shape index (κ1) is 17.2. The smallest absolute Gasteiger partial charge is 0.364 e. The van der Waals surface area contributed by atoms with Crippen LogP contribution in [-0.2, 0) is 10.3 Å². The molecule has 1 saturated carbocycles. The summed E-state index contributed by atoms with van der Waals surface area (Å²) in [6.07, 6.45) is 2.26. The molecule has 1 aliphatic rings. The van der Waals surface area contributed by atoms with E-state index in [1.807, 2.05) is 10.7 Å². The van der Waals surface area contributed by atoms with Crippen molar-refractivity contribution in [2.75, 3.05) is 7.11 Å². The first-order valence-corrected chi connectivity index (χ1v) is 8.30. The fourth-order valence-corrected chi connectivity index (χ4v) is 2.64. The van der Waals surface area contributed by atoms with E-state index in [-0.39, 0.29) is 5.54 Å². The normalized spacial score (nSPS) is 14.2. The van der Waals surface area contributed by atoms with Gasteiger partial charge in [0.2, 0.25) is 0 Å². The molecule has 6 heteroatoms. The second kappa shape index (κ2) is 6.35. The van der Waals surface area contributed by atoms with E-state index in [0.717, 1.165) is 18.5 Å². The summed E-state index contributed by atoms with van der Waals surface area (Å²) >= 11 is 0. The van der Waals surface area contributed by atoms with Crippen LogP contribution < -0.4 is 4.74 Å². The third-order valence-electron chi connectivity index (χ3n) is 4.06. The summed E-state index contributed by atoms with van der Waals surface area (Å²) in [5.74, 6) is -0.102. The summed E-state index contributed by atoms with van der Waals surface area (Å²) in [6, 6.07) is 8.06. The van der Waals surface area contributed by atoms with Gasteiger partial charge in [0.1, 0.15) is 5.75 Å². The second-order valence-corrected chi connectivity index (χ2v) is 7.22. The van der Waals surface area contributed by atoms with Gasteiger partial charge in [-0.3, -0.25) is 4.68 Å². The highest BCUT2D eigenvalue weighted by molar-refractivity contribution is 5.90. The standard InChI is InChI=1S/C19H22N2O4/c1-19(2,3)21-16(12-5-6-12)11-15(20-21)18(23)25-14-9-7-13(8-10-14)17(22)24-4/h7-12H,5-6H2,1-4H3. The van der Waals surface area contributed by atoms with E-state index in [1.54, 1.807) is 24.3 Å². The molecule has 0 radical (unpaired) electrons. The number of esters is 2. The molecule has 132 valence electrons. The Morgan fingerprint density at radius 2 is 1.76 bits per heavy atom. The zero-order valence-electron chi connectivity index (χ0n) is 14.9. The fourth-order valence-electron chi connectivity index (χ4n) is 2.64. The maximum atomic E-state index is 12.4. The number of rotatable bonds is 4. The maximum Gasteiger partial charge on any atom is 0.364 e. The quantitative estimate of drug-likeness (QED) is 0.628. The zero-order valence-corrected chi connectivity index (χ0v) is 14.9. The molecule has 1 fully saturated rings. The van der Waals surface area contributed by atoms with Gasteiger partial charge in [-0.15, -0.1) is 0 Å². The largest absolute Gasteiger partial charge is 0.465 e. The molecule has 0 saturated heterocycles. The minimum atomic E-state index is -0.504. The van der Waals surface area contributed by atoms with Crippen molar-refractivity contribution in [3.63, 3.8) is 0 Å². The Labute approximate surface area is 146 Å². The first-order chi connectivity index (χ1) is 11.8. The molecule has 1 aliphatic carbocycles. The van der Waals surface area contributed by atoms with E-state index in [4.69, 9.17) is 4.74 Å². The van der Waals surface area contributed by atoms with Gasteiger partial charge in [-0.2, -0.15) is 5.10 Å². The van der Waals surface area contributed by atoms with Crippen molar-refractivity contribution in [3.05, 3.63) is 47.3 Å². The average molecular weight is 342 g/mol. The van der Waals surface area contributed by atoms with Gasteiger partial charge in [-0.25, -0.2) is 9.59 Å². The number of carbonyl (C=O) groups excluding carboxylic acids is 2. The van der Waals surface area contributed by atoms with Crippen LogP contribution in [0.4, 0.5) is 0 Å². The Kier molecular flexibility index (Phi) is 4.37. The first-order valence-electron chi connectivity index (χ1n) is 8.30. The van der Waals surface area contributed by atoms with Crippen LogP contribution in [0, 0.1) is 0 Å². The number of carbonyl (C=O) groups is 2. The molecule has 3 rings (SSSR count). The van der Waals surface area contributed by atoms with E-state index in [2.05, 4.69) is 30.6 Å². The Bertz CT molecular complexity index is 796. The summed E-state index contributed by atoms with van der Waals surface area (Å²) < 4.78 is 11.9. The molecular formula is C19H22N2O4. The number of hydrogen-bond donors (Lipinski definition) is 0. The maximum absolute atomic E-state index is 12.4. The van der Waals surface area contributed by atoms with Gasteiger partial charge in [0.15, 0.2) is 5.69 Å². The minimum absolute atomic E-state index is 0.196. The van der Waals surface area contributed by atoms with Crippen molar-refractivity contribution in [1.82, 2.24) is 9.78 Å². The van der Waals surface area contributed by atoms with Gasteiger partial charge in [0.05, 0.1) is 18.2 Å². The topological polar surface area (TPSA) is 70.4 Å². The minimum Gasteiger partial charge on any atom is -0.465 e. The van der Waals surface area contributed by atoms with Crippen molar-refractivity contribution >= 4 is 11.9 Å². The summed E-state index contributed by atoms with van der Waals surface area (Å²) in [6.45, 7) is 6.19. The molecule has 0 aliphatic heterocycles. The van der Waals surface area contributed by atoms with Crippen molar-refractivity contribution in [2.45, 2.75) is 45.1 Å². The SMILES string of the molecule is COC(=O)c1ccc(OC(=O)c2cc(C3CC3)n(C(C)(C)C)n2)cc1. The van der Waals surface area contributed by atoms with E-state index in [1.165, 1.54) is 7.11 Å². The van der Waals surface area contributed by atoms with Gasteiger partial charge < -0.3 is 9.47 Å². The van der Waals surface area contributed by atoms with Gasteiger partial charge in [0, 0.05) is 11.6 Å². The van der Waals surface area contributed by atoms with E-state index in [9.17, 15) is 9.59 Å². The predicted molar refractivity (Wildman–Crippen MR) is 91.9 cm³/mol. The van der Waals surface area contributed by atoms with Crippen LogP contribution in [0.2, 0.25) is 0 Å². The lowest BCUT2D eigenvalue weighted by Gasteiger charge is -2.22. The van der Waals surface area contributed by atoms with Gasteiger partial charge >= 0.3 is 11.9 Å². The molecular weight excluding hydrogens is 320 g/mol. The predicted octanol–water partition coefficient (Wildman–Crippen LogP) is 3.52. The van der Waals surface area contributed by atoms with Crippen molar-refractivity contribution in [1.29, 1.82) is 0 Å².